The Bertz CT molecular complexity index is 517. The molecular weight excluding hydrogens is 270 g/mol. The van der Waals surface area contributed by atoms with Crippen LogP contribution in [-0.4, -0.2) is 35.9 Å². The molecule has 0 saturated heterocycles. The van der Waals surface area contributed by atoms with E-state index >= 15 is 0 Å². The summed E-state index contributed by atoms with van der Waals surface area (Å²) in [5, 5.41) is 13.8. The quantitative estimate of drug-likeness (QED) is 0.619. The molecule has 0 heterocycles. The number of nitro groups is 1. The van der Waals surface area contributed by atoms with Crippen LogP contribution in [0.1, 0.15) is 37.6 Å². The molecule has 116 valence electrons. The van der Waals surface area contributed by atoms with Gasteiger partial charge in [-0.3, -0.25) is 14.9 Å². The van der Waals surface area contributed by atoms with Gasteiger partial charge in [0.25, 0.3) is 11.6 Å². The zero-order valence-corrected chi connectivity index (χ0v) is 13.0. The van der Waals surface area contributed by atoms with E-state index in [1.807, 2.05) is 6.92 Å². The van der Waals surface area contributed by atoms with Crippen LogP contribution in [0.4, 0.5) is 11.4 Å². The van der Waals surface area contributed by atoms with E-state index in [1.165, 1.54) is 6.07 Å². The third kappa shape index (κ3) is 3.93. The van der Waals surface area contributed by atoms with E-state index in [1.54, 1.807) is 24.1 Å². The lowest BCUT2D eigenvalue weighted by Gasteiger charge is -2.25. The van der Waals surface area contributed by atoms with Gasteiger partial charge < -0.3 is 10.2 Å². The predicted octanol–water partition coefficient (Wildman–Crippen LogP) is 3.14. The maximum absolute atomic E-state index is 12.6. The van der Waals surface area contributed by atoms with Gasteiger partial charge in [0.05, 0.1) is 10.5 Å². The standard InChI is InChI=1S/C15H23N3O3/c1-5-11(3)10-17(6-2)15(19)12-8-7-9-13(18(20)21)14(12)16-4/h7-9,11,16H,5-6,10H2,1-4H3. The number of anilines is 1. The Morgan fingerprint density at radius 3 is 2.57 bits per heavy atom. The number of nitro benzene ring substituents is 1. The van der Waals surface area contributed by atoms with Gasteiger partial charge in [-0.25, -0.2) is 0 Å². The van der Waals surface area contributed by atoms with Crippen LogP contribution in [0.5, 0.6) is 0 Å². The van der Waals surface area contributed by atoms with Gasteiger partial charge in [0.15, 0.2) is 0 Å². The number of rotatable bonds is 7. The van der Waals surface area contributed by atoms with Crippen LogP contribution in [-0.2, 0) is 0 Å². The van der Waals surface area contributed by atoms with Gasteiger partial charge in [-0.2, -0.15) is 0 Å². The van der Waals surface area contributed by atoms with Crippen LogP contribution >= 0.6 is 0 Å². The maximum atomic E-state index is 12.6. The molecule has 21 heavy (non-hydrogen) atoms. The number of benzene rings is 1. The highest BCUT2D eigenvalue weighted by molar-refractivity contribution is 6.01. The largest absolute Gasteiger partial charge is 0.382 e. The fourth-order valence-electron chi connectivity index (χ4n) is 2.16. The van der Waals surface area contributed by atoms with Crippen molar-refractivity contribution in [3.05, 3.63) is 33.9 Å². The lowest BCUT2D eigenvalue weighted by Crippen LogP contribution is -2.35. The lowest BCUT2D eigenvalue weighted by molar-refractivity contribution is -0.384. The Kier molecular flexibility index (Phi) is 6.14. The number of hydrogen-bond donors (Lipinski definition) is 1. The van der Waals surface area contributed by atoms with E-state index in [2.05, 4.69) is 19.2 Å². The van der Waals surface area contributed by atoms with Crippen molar-refractivity contribution >= 4 is 17.3 Å². The number of carbonyl (C=O) groups is 1. The summed E-state index contributed by atoms with van der Waals surface area (Å²) >= 11 is 0. The molecule has 1 atom stereocenters. The van der Waals surface area contributed by atoms with Gasteiger partial charge in [-0.05, 0) is 18.9 Å². The van der Waals surface area contributed by atoms with Crippen molar-refractivity contribution in [2.75, 3.05) is 25.5 Å². The monoisotopic (exact) mass is 293 g/mol. The Morgan fingerprint density at radius 2 is 2.10 bits per heavy atom. The van der Waals surface area contributed by atoms with Gasteiger partial charge in [-0.15, -0.1) is 0 Å². The molecule has 1 aromatic rings. The number of para-hydroxylation sites is 1. The first-order valence-corrected chi connectivity index (χ1v) is 7.20. The number of hydrogen-bond acceptors (Lipinski definition) is 4. The van der Waals surface area contributed by atoms with Crippen LogP contribution in [0.2, 0.25) is 0 Å². The normalized spacial score (nSPS) is 11.8. The molecule has 6 nitrogen and oxygen atoms in total. The Labute approximate surface area is 125 Å². The zero-order chi connectivity index (χ0) is 16.0. The maximum Gasteiger partial charge on any atom is 0.293 e. The molecular formula is C15H23N3O3. The number of carbonyl (C=O) groups excluding carboxylic acids is 1. The first kappa shape index (κ1) is 16.9. The Morgan fingerprint density at radius 1 is 1.43 bits per heavy atom. The van der Waals surface area contributed by atoms with E-state index in [-0.39, 0.29) is 17.3 Å². The molecule has 0 fully saturated rings. The van der Waals surface area contributed by atoms with Gasteiger partial charge in [0.2, 0.25) is 0 Å². The number of nitrogens with zero attached hydrogens (tertiary/aromatic N) is 2. The molecule has 1 N–H and O–H groups in total. The van der Waals surface area contributed by atoms with Crippen molar-refractivity contribution in [1.82, 2.24) is 4.90 Å². The van der Waals surface area contributed by atoms with Crippen molar-refractivity contribution in [3.8, 4) is 0 Å². The van der Waals surface area contributed by atoms with Gasteiger partial charge in [-0.1, -0.05) is 26.3 Å². The Balaban J connectivity index is 3.16. The summed E-state index contributed by atoms with van der Waals surface area (Å²) in [5.41, 5.74) is 0.537. The van der Waals surface area contributed by atoms with Crippen molar-refractivity contribution in [2.24, 2.45) is 5.92 Å². The third-order valence-corrected chi connectivity index (χ3v) is 3.62. The second-order valence-electron chi connectivity index (χ2n) is 5.06. The minimum atomic E-state index is -0.479. The van der Waals surface area contributed by atoms with Crippen molar-refractivity contribution in [3.63, 3.8) is 0 Å². The van der Waals surface area contributed by atoms with E-state index in [9.17, 15) is 14.9 Å². The SMILES string of the molecule is CCC(C)CN(CC)C(=O)c1cccc([N+](=O)[O-])c1NC. The molecule has 0 aromatic heterocycles. The fourth-order valence-corrected chi connectivity index (χ4v) is 2.16. The highest BCUT2D eigenvalue weighted by atomic mass is 16.6. The summed E-state index contributed by atoms with van der Waals surface area (Å²) in [6, 6.07) is 4.57. The van der Waals surface area contributed by atoms with E-state index in [0.29, 0.717) is 24.6 Å². The summed E-state index contributed by atoms with van der Waals surface area (Å²) in [4.78, 5) is 25.0. The summed E-state index contributed by atoms with van der Waals surface area (Å²) in [5.74, 6) is 0.219. The van der Waals surface area contributed by atoms with Crippen LogP contribution in [0.25, 0.3) is 0 Å². The fraction of sp³-hybridized carbons (Fsp3) is 0.533. The molecule has 0 aliphatic heterocycles. The second-order valence-corrected chi connectivity index (χ2v) is 5.06. The molecule has 0 aliphatic rings. The molecule has 0 spiro atoms. The van der Waals surface area contributed by atoms with Crippen LogP contribution in [0.3, 0.4) is 0 Å². The molecule has 1 aromatic carbocycles. The minimum Gasteiger partial charge on any atom is -0.382 e. The summed E-state index contributed by atoms with van der Waals surface area (Å²) < 4.78 is 0. The topological polar surface area (TPSA) is 75.5 Å². The van der Waals surface area contributed by atoms with Crippen LogP contribution in [0.15, 0.2) is 18.2 Å². The van der Waals surface area contributed by atoms with Gasteiger partial charge in [0, 0.05) is 26.2 Å². The van der Waals surface area contributed by atoms with Crippen molar-refractivity contribution in [2.45, 2.75) is 27.2 Å². The van der Waals surface area contributed by atoms with Crippen LogP contribution in [0, 0.1) is 16.0 Å². The molecule has 0 saturated carbocycles. The summed E-state index contributed by atoms with van der Waals surface area (Å²) in [7, 11) is 1.59. The molecule has 1 unspecified atom stereocenters. The molecule has 0 radical (unpaired) electrons. The summed E-state index contributed by atoms with van der Waals surface area (Å²) in [6.45, 7) is 7.31. The Hall–Kier alpha value is -2.11. The third-order valence-electron chi connectivity index (χ3n) is 3.62. The van der Waals surface area contributed by atoms with Gasteiger partial charge >= 0.3 is 0 Å². The van der Waals surface area contributed by atoms with Gasteiger partial charge in [0.1, 0.15) is 5.69 Å². The average molecular weight is 293 g/mol. The first-order chi connectivity index (χ1) is 9.96. The smallest absolute Gasteiger partial charge is 0.293 e. The van der Waals surface area contributed by atoms with E-state index in [0.717, 1.165) is 6.42 Å². The minimum absolute atomic E-state index is 0.0806. The highest BCUT2D eigenvalue weighted by Gasteiger charge is 2.24. The van der Waals surface area contributed by atoms with Crippen LogP contribution < -0.4 is 5.32 Å². The van der Waals surface area contributed by atoms with E-state index in [4.69, 9.17) is 0 Å². The highest BCUT2D eigenvalue weighted by Crippen LogP contribution is 2.28. The molecule has 0 aliphatic carbocycles. The molecule has 0 bridgehead atoms. The molecule has 6 heteroatoms. The molecule has 1 rings (SSSR count). The first-order valence-electron chi connectivity index (χ1n) is 7.20. The average Bonchev–Trinajstić information content (AvgIpc) is 2.50. The van der Waals surface area contributed by atoms with Crippen molar-refractivity contribution in [1.29, 1.82) is 0 Å². The number of nitrogens with one attached hydrogen (secondary N) is 1. The zero-order valence-electron chi connectivity index (χ0n) is 13.0. The molecule has 1 amide bonds. The number of amides is 1. The summed E-state index contributed by atoms with van der Waals surface area (Å²) in [6.07, 6.45) is 0.984. The van der Waals surface area contributed by atoms with E-state index < -0.39 is 4.92 Å². The van der Waals surface area contributed by atoms with Crippen molar-refractivity contribution < 1.29 is 9.72 Å². The predicted molar refractivity (Wildman–Crippen MR) is 83.7 cm³/mol. The lowest BCUT2D eigenvalue weighted by atomic mass is 10.1. The second kappa shape index (κ2) is 7.61.